The van der Waals surface area contributed by atoms with E-state index in [9.17, 15) is 18.0 Å². The van der Waals surface area contributed by atoms with Gasteiger partial charge in [0.25, 0.3) is 0 Å². The third-order valence-corrected chi connectivity index (χ3v) is 12.0. The van der Waals surface area contributed by atoms with Gasteiger partial charge in [-0.1, -0.05) is 0 Å². The molecule has 204 valence electrons. The maximum absolute atomic E-state index is 13.4. The van der Waals surface area contributed by atoms with E-state index in [1.807, 2.05) is 0 Å². The second kappa shape index (κ2) is 11.1. The van der Waals surface area contributed by atoms with Crippen LogP contribution in [-0.2, 0) is 14.8 Å². The molecule has 4 saturated heterocycles. The summed E-state index contributed by atoms with van der Waals surface area (Å²) < 4.78 is 28.5. The highest BCUT2D eigenvalue weighted by molar-refractivity contribution is 7.89. The molecule has 3 atom stereocenters. The number of carbonyl (C=O) groups excluding carboxylic acids is 2. The molecule has 5 rings (SSSR count). The lowest BCUT2D eigenvalue weighted by molar-refractivity contribution is -0.135. The molecule has 1 saturated carbocycles. The predicted molar refractivity (Wildman–Crippen MR) is 137 cm³/mol. The molecule has 0 aromatic heterocycles. The number of piperidine rings is 2. The summed E-state index contributed by atoms with van der Waals surface area (Å²) in [5, 5.41) is 7.46. The first-order valence-electron chi connectivity index (χ1n) is 14.1. The maximum atomic E-state index is 13.4. The zero-order chi connectivity index (χ0) is 25.3. The minimum absolute atomic E-state index is 0.0549. The molecule has 4 heterocycles. The van der Waals surface area contributed by atoms with Crippen LogP contribution in [0.25, 0.3) is 0 Å². The van der Waals surface area contributed by atoms with Crippen LogP contribution in [0.1, 0.15) is 64.2 Å². The first-order chi connectivity index (χ1) is 17.4. The number of amides is 3. The summed E-state index contributed by atoms with van der Waals surface area (Å²) in [6.45, 7) is 4.77. The Morgan fingerprint density at radius 1 is 0.861 bits per heavy atom. The second-order valence-corrected chi connectivity index (χ2v) is 13.7. The number of hydrogen-bond donors (Lipinski definition) is 3. The Morgan fingerprint density at radius 2 is 1.53 bits per heavy atom. The topological polar surface area (TPSA) is 114 Å². The van der Waals surface area contributed by atoms with Gasteiger partial charge in [0.15, 0.2) is 0 Å². The molecule has 3 amide bonds. The quantitative estimate of drug-likeness (QED) is 0.497. The molecule has 0 aromatic rings. The van der Waals surface area contributed by atoms with Gasteiger partial charge < -0.3 is 15.5 Å². The van der Waals surface area contributed by atoms with E-state index in [1.54, 1.807) is 11.4 Å². The summed E-state index contributed by atoms with van der Waals surface area (Å²) in [4.78, 5) is 26.8. The molecule has 36 heavy (non-hydrogen) atoms. The molecular weight excluding hydrogens is 480 g/mol. The van der Waals surface area contributed by atoms with Crippen molar-refractivity contribution in [2.45, 2.75) is 81.5 Å². The number of likely N-dealkylation sites (tertiary alicyclic amines) is 1. The molecule has 0 radical (unpaired) electrons. The standard InChI is InChI=1S/C25H44N6O4S/c1-26-25(33)28-20-4-6-21(7-5-20)36(34,35)30-13-8-18(9-14-30)19-10-15-31-23(16-19)22(17-27-31)24(32)29-11-2-3-12-29/h18-23,27H,2-17H2,1H3,(H2,26,28,33). The van der Waals surface area contributed by atoms with E-state index in [0.717, 1.165) is 64.7 Å². The minimum atomic E-state index is -3.30. The van der Waals surface area contributed by atoms with Crippen molar-refractivity contribution < 1.29 is 18.0 Å². The highest BCUT2D eigenvalue weighted by Crippen LogP contribution is 2.39. The molecular formula is C25H44N6O4S. The maximum Gasteiger partial charge on any atom is 0.314 e. The van der Waals surface area contributed by atoms with E-state index in [1.165, 1.54) is 0 Å². The fourth-order valence-corrected chi connectivity index (χ4v) is 9.39. The van der Waals surface area contributed by atoms with Crippen molar-refractivity contribution in [1.29, 1.82) is 0 Å². The van der Waals surface area contributed by atoms with E-state index in [-0.39, 0.29) is 29.3 Å². The van der Waals surface area contributed by atoms with Crippen LogP contribution in [0.4, 0.5) is 4.79 Å². The van der Waals surface area contributed by atoms with Gasteiger partial charge in [-0.05, 0) is 76.0 Å². The smallest absolute Gasteiger partial charge is 0.314 e. The molecule has 3 unspecified atom stereocenters. The summed E-state index contributed by atoms with van der Waals surface area (Å²) in [5.74, 6) is 1.49. The number of urea groups is 1. The largest absolute Gasteiger partial charge is 0.342 e. The number of hydrazine groups is 1. The lowest BCUT2D eigenvalue weighted by Gasteiger charge is -2.43. The van der Waals surface area contributed by atoms with Gasteiger partial charge in [-0.2, -0.15) is 0 Å². The van der Waals surface area contributed by atoms with Crippen molar-refractivity contribution in [3.8, 4) is 0 Å². The summed E-state index contributed by atoms with van der Waals surface area (Å²) in [5.41, 5.74) is 3.49. The molecule has 10 nitrogen and oxygen atoms in total. The Balaban J connectivity index is 1.11. The van der Waals surface area contributed by atoms with Crippen LogP contribution < -0.4 is 16.1 Å². The lowest BCUT2D eigenvalue weighted by Crippen LogP contribution is -2.50. The van der Waals surface area contributed by atoms with E-state index >= 15 is 0 Å². The number of nitrogens with zero attached hydrogens (tertiary/aromatic N) is 3. The Morgan fingerprint density at radius 3 is 2.19 bits per heavy atom. The van der Waals surface area contributed by atoms with Crippen molar-refractivity contribution in [1.82, 2.24) is 30.3 Å². The second-order valence-electron chi connectivity index (χ2n) is 11.5. The molecule has 0 bridgehead atoms. The Labute approximate surface area is 215 Å². The third kappa shape index (κ3) is 5.39. The first-order valence-corrected chi connectivity index (χ1v) is 15.6. The molecule has 11 heteroatoms. The molecule has 3 N–H and O–H groups in total. The summed E-state index contributed by atoms with van der Waals surface area (Å²) in [6, 6.07) is 0.130. The van der Waals surface area contributed by atoms with Gasteiger partial charge in [-0.3, -0.25) is 10.2 Å². The van der Waals surface area contributed by atoms with E-state index in [4.69, 9.17) is 0 Å². The van der Waals surface area contributed by atoms with E-state index in [0.29, 0.717) is 56.5 Å². The van der Waals surface area contributed by atoms with Crippen molar-refractivity contribution in [3.63, 3.8) is 0 Å². The number of fused-ring (bicyclic) bond motifs is 1. The van der Waals surface area contributed by atoms with Crippen LogP contribution in [0, 0.1) is 17.8 Å². The van der Waals surface area contributed by atoms with Gasteiger partial charge in [0.2, 0.25) is 15.9 Å². The molecule has 5 fully saturated rings. The number of hydrogen-bond acceptors (Lipinski definition) is 6. The Bertz CT molecular complexity index is 894. The van der Waals surface area contributed by atoms with Gasteiger partial charge in [-0.25, -0.2) is 22.5 Å². The zero-order valence-electron chi connectivity index (χ0n) is 21.7. The molecule has 1 aliphatic carbocycles. The lowest BCUT2D eigenvalue weighted by atomic mass is 9.75. The average Bonchev–Trinajstić information content (AvgIpc) is 3.59. The average molecular weight is 525 g/mol. The van der Waals surface area contributed by atoms with Gasteiger partial charge in [0.1, 0.15) is 0 Å². The highest BCUT2D eigenvalue weighted by atomic mass is 32.2. The molecule has 0 aromatic carbocycles. The van der Waals surface area contributed by atoms with Crippen LogP contribution in [0.15, 0.2) is 0 Å². The summed E-state index contributed by atoms with van der Waals surface area (Å²) in [7, 11) is -1.71. The number of carbonyl (C=O) groups is 2. The SMILES string of the molecule is CNC(=O)NC1CCC(S(=O)(=O)N2CCC(C3CCN4NCC(C(=O)N5CCCC5)C4C3)CC2)CC1. The monoisotopic (exact) mass is 524 g/mol. The number of sulfonamides is 1. The van der Waals surface area contributed by atoms with Crippen LogP contribution in [0.5, 0.6) is 0 Å². The fraction of sp³-hybridized carbons (Fsp3) is 0.920. The van der Waals surface area contributed by atoms with Crippen molar-refractivity contribution in [2.75, 3.05) is 46.3 Å². The number of nitrogens with one attached hydrogen (secondary N) is 3. The fourth-order valence-electron chi connectivity index (χ4n) is 7.38. The summed E-state index contributed by atoms with van der Waals surface area (Å²) >= 11 is 0. The highest BCUT2D eigenvalue weighted by Gasteiger charge is 2.46. The van der Waals surface area contributed by atoms with Gasteiger partial charge in [0, 0.05) is 58.4 Å². The van der Waals surface area contributed by atoms with E-state index in [2.05, 4.69) is 26.0 Å². The Hall–Kier alpha value is -1.43. The van der Waals surface area contributed by atoms with Gasteiger partial charge >= 0.3 is 6.03 Å². The van der Waals surface area contributed by atoms with Crippen LogP contribution in [0.2, 0.25) is 0 Å². The molecule has 0 spiro atoms. The molecule has 4 aliphatic heterocycles. The minimum Gasteiger partial charge on any atom is -0.342 e. The Kier molecular flexibility index (Phi) is 8.09. The van der Waals surface area contributed by atoms with E-state index < -0.39 is 10.0 Å². The molecule has 5 aliphatic rings. The van der Waals surface area contributed by atoms with Crippen LogP contribution in [-0.4, -0.2) is 98.2 Å². The zero-order valence-corrected chi connectivity index (χ0v) is 22.5. The summed E-state index contributed by atoms with van der Waals surface area (Å²) in [6.07, 6.45) is 8.87. The van der Waals surface area contributed by atoms with Crippen molar-refractivity contribution >= 4 is 22.0 Å². The van der Waals surface area contributed by atoms with Crippen molar-refractivity contribution in [3.05, 3.63) is 0 Å². The van der Waals surface area contributed by atoms with Crippen molar-refractivity contribution in [2.24, 2.45) is 17.8 Å². The first kappa shape index (κ1) is 26.2. The third-order valence-electron chi connectivity index (χ3n) is 9.58. The predicted octanol–water partition coefficient (Wildman–Crippen LogP) is 1.11. The van der Waals surface area contributed by atoms with Crippen LogP contribution >= 0.6 is 0 Å². The normalized spacial score (nSPS) is 34.9. The van der Waals surface area contributed by atoms with Gasteiger partial charge in [-0.15, -0.1) is 0 Å². The number of rotatable bonds is 5. The van der Waals surface area contributed by atoms with Gasteiger partial charge in [0.05, 0.1) is 11.2 Å². The van der Waals surface area contributed by atoms with Crippen LogP contribution in [0.3, 0.4) is 0 Å².